The van der Waals surface area contributed by atoms with Gasteiger partial charge in [-0.2, -0.15) is 5.10 Å². The highest BCUT2D eigenvalue weighted by atomic mass is 16.4. The average Bonchev–Trinajstić information content (AvgIpc) is 2.89. The molecular formula is C12H20N4O2. The number of hydrogen-bond donors (Lipinski definition) is 2. The van der Waals surface area contributed by atoms with Gasteiger partial charge < -0.3 is 10.4 Å². The zero-order chi connectivity index (χ0) is 13.1. The number of nitrogens with zero attached hydrogens (tertiary/aromatic N) is 3. The molecule has 0 saturated carbocycles. The highest BCUT2D eigenvalue weighted by molar-refractivity contribution is 5.88. The van der Waals surface area contributed by atoms with E-state index in [2.05, 4.69) is 15.3 Å². The molecule has 0 aromatic carbocycles. The molecule has 1 saturated heterocycles. The monoisotopic (exact) mass is 252 g/mol. The number of aromatic carboxylic acids is 1. The van der Waals surface area contributed by atoms with Gasteiger partial charge in [-0.25, -0.2) is 4.79 Å². The van der Waals surface area contributed by atoms with Crippen molar-refractivity contribution in [3.8, 4) is 0 Å². The number of rotatable bonds is 5. The topological polar surface area (TPSA) is 70.4 Å². The second kappa shape index (κ2) is 5.49. The SMILES string of the molecule is CNCC1CCN(Cc2c(C(=O)O)cnn2C)C1. The van der Waals surface area contributed by atoms with Crippen molar-refractivity contribution in [1.29, 1.82) is 0 Å². The summed E-state index contributed by atoms with van der Waals surface area (Å²) in [4.78, 5) is 13.4. The van der Waals surface area contributed by atoms with E-state index in [1.165, 1.54) is 12.6 Å². The fraction of sp³-hybridized carbons (Fsp3) is 0.667. The van der Waals surface area contributed by atoms with E-state index >= 15 is 0 Å². The van der Waals surface area contributed by atoms with E-state index in [4.69, 9.17) is 5.11 Å². The van der Waals surface area contributed by atoms with E-state index in [0.29, 0.717) is 18.0 Å². The van der Waals surface area contributed by atoms with E-state index in [0.717, 1.165) is 25.3 Å². The Morgan fingerprint density at radius 3 is 3.11 bits per heavy atom. The van der Waals surface area contributed by atoms with Gasteiger partial charge in [0.05, 0.1) is 11.9 Å². The molecule has 1 aromatic heterocycles. The molecule has 0 bridgehead atoms. The lowest BCUT2D eigenvalue weighted by Crippen LogP contribution is -2.25. The van der Waals surface area contributed by atoms with Crippen molar-refractivity contribution in [3.63, 3.8) is 0 Å². The number of hydrogen-bond acceptors (Lipinski definition) is 4. The van der Waals surface area contributed by atoms with Gasteiger partial charge in [-0.3, -0.25) is 9.58 Å². The lowest BCUT2D eigenvalue weighted by Gasteiger charge is -2.16. The van der Waals surface area contributed by atoms with Crippen molar-refractivity contribution in [2.75, 3.05) is 26.7 Å². The first-order valence-electron chi connectivity index (χ1n) is 6.23. The molecule has 1 fully saturated rings. The molecule has 0 spiro atoms. The quantitative estimate of drug-likeness (QED) is 0.781. The minimum atomic E-state index is -0.899. The molecule has 0 radical (unpaired) electrons. The zero-order valence-electron chi connectivity index (χ0n) is 10.9. The zero-order valence-corrected chi connectivity index (χ0v) is 10.9. The fourth-order valence-corrected chi connectivity index (χ4v) is 2.55. The summed E-state index contributed by atoms with van der Waals surface area (Å²) in [6.07, 6.45) is 2.60. The standard InChI is InChI=1S/C12H20N4O2/c1-13-5-9-3-4-16(7-9)8-11-10(12(17)18)6-14-15(11)2/h6,9,13H,3-5,7-8H2,1-2H3,(H,17,18). The second-order valence-electron chi connectivity index (χ2n) is 4.88. The lowest BCUT2D eigenvalue weighted by molar-refractivity contribution is 0.0694. The number of likely N-dealkylation sites (tertiary alicyclic amines) is 1. The Morgan fingerprint density at radius 1 is 1.67 bits per heavy atom. The van der Waals surface area contributed by atoms with Crippen molar-refractivity contribution in [1.82, 2.24) is 20.0 Å². The molecule has 0 amide bonds. The molecule has 6 heteroatoms. The number of carboxylic acid groups (broad SMARTS) is 1. The first-order chi connectivity index (χ1) is 8.61. The van der Waals surface area contributed by atoms with Crippen LogP contribution in [0, 0.1) is 5.92 Å². The van der Waals surface area contributed by atoms with Gasteiger partial charge >= 0.3 is 5.97 Å². The molecular weight excluding hydrogens is 232 g/mol. The van der Waals surface area contributed by atoms with E-state index in [-0.39, 0.29) is 0 Å². The van der Waals surface area contributed by atoms with Crippen molar-refractivity contribution in [2.45, 2.75) is 13.0 Å². The molecule has 1 aromatic rings. The van der Waals surface area contributed by atoms with Gasteiger partial charge in [0.25, 0.3) is 0 Å². The summed E-state index contributed by atoms with van der Waals surface area (Å²) in [6.45, 7) is 3.73. The molecule has 100 valence electrons. The molecule has 6 nitrogen and oxygen atoms in total. The van der Waals surface area contributed by atoms with Crippen LogP contribution in [0.1, 0.15) is 22.5 Å². The Labute approximate surface area is 107 Å². The van der Waals surface area contributed by atoms with Crippen LogP contribution in [0.3, 0.4) is 0 Å². The van der Waals surface area contributed by atoms with Gasteiger partial charge in [-0.1, -0.05) is 0 Å². The average molecular weight is 252 g/mol. The van der Waals surface area contributed by atoms with Crippen molar-refractivity contribution >= 4 is 5.97 Å². The summed E-state index contributed by atoms with van der Waals surface area (Å²) in [5.41, 5.74) is 1.10. The Bertz CT molecular complexity index is 430. The number of nitrogens with one attached hydrogen (secondary N) is 1. The number of aryl methyl sites for hydroxylation is 1. The third-order valence-corrected chi connectivity index (χ3v) is 3.53. The third kappa shape index (κ3) is 2.70. The minimum Gasteiger partial charge on any atom is -0.478 e. The first-order valence-corrected chi connectivity index (χ1v) is 6.23. The summed E-state index contributed by atoms with van der Waals surface area (Å²) in [5.74, 6) is -0.236. The molecule has 1 aliphatic rings. The minimum absolute atomic E-state index is 0.314. The van der Waals surface area contributed by atoms with Crippen molar-refractivity contribution in [3.05, 3.63) is 17.5 Å². The summed E-state index contributed by atoms with van der Waals surface area (Å²) < 4.78 is 1.66. The smallest absolute Gasteiger partial charge is 0.339 e. The maximum atomic E-state index is 11.1. The van der Waals surface area contributed by atoms with Crippen LogP contribution in [0.25, 0.3) is 0 Å². The van der Waals surface area contributed by atoms with E-state index < -0.39 is 5.97 Å². The number of carboxylic acids is 1. The molecule has 0 aliphatic carbocycles. The molecule has 1 atom stereocenters. The molecule has 2 heterocycles. The van der Waals surface area contributed by atoms with Crippen LogP contribution in [0.5, 0.6) is 0 Å². The Morgan fingerprint density at radius 2 is 2.44 bits per heavy atom. The van der Waals surface area contributed by atoms with E-state index in [9.17, 15) is 4.79 Å². The van der Waals surface area contributed by atoms with Crippen LogP contribution < -0.4 is 5.32 Å². The van der Waals surface area contributed by atoms with Crippen molar-refractivity contribution < 1.29 is 9.90 Å². The predicted octanol–water partition coefficient (Wildman–Crippen LogP) is 0.160. The summed E-state index contributed by atoms with van der Waals surface area (Å²) >= 11 is 0. The second-order valence-corrected chi connectivity index (χ2v) is 4.88. The highest BCUT2D eigenvalue weighted by Gasteiger charge is 2.24. The molecule has 2 rings (SSSR count). The van der Waals surface area contributed by atoms with Crippen LogP contribution in [-0.4, -0.2) is 52.4 Å². The predicted molar refractivity (Wildman–Crippen MR) is 67.5 cm³/mol. The van der Waals surface area contributed by atoms with Crippen LogP contribution in [-0.2, 0) is 13.6 Å². The lowest BCUT2D eigenvalue weighted by atomic mass is 10.1. The van der Waals surface area contributed by atoms with Gasteiger partial charge in [-0.15, -0.1) is 0 Å². The van der Waals surface area contributed by atoms with Crippen LogP contribution in [0.15, 0.2) is 6.20 Å². The fourth-order valence-electron chi connectivity index (χ4n) is 2.55. The summed E-state index contributed by atoms with van der Waals surface area (Å²) in [7, 11) is 3.76. The van der Waals surface area contributed by atoms with Crippen LogP contribution >= 0.6 is 0 Å². The first kappa shape index (κ1) is 13.0. The molecule has 1 aliphatic heterocycles. The Balaban J connectivity index is 2.02. The van der Waals surface area contributed by atoms with E-state index in [1.807, 2.05) is 7.05 Å². The third-order valence-electron chi connectivity index (χ3n) is 3.53. The van der Waals surface area contributed by atoms with E-state index in [1.54, 1.807) is 11.7 Å². The van der Waals surface area contributed by atoms with Crippen LogP contribution in [0.4, 0.5) is 0 Å². The molecule has 18 heavy (non-hydrogen) atoms. The maximum Gasteiger partial charge on any atom is 0.339 e. The molecule has 1 unspecified atom stereocenters. The maximum absolute atomic E-state index is 11.1. The number of carbonyl (C=O) groups is 1. The van der Waals surface area contributed by atoms with Gasteiger partial charge in [0.1, 0.15) is 5.56 Å². The number of aromatic nitrogens is 2. The van der Waals surface area contributed by atoms with Gasteiger partial charge in [0.2, 0.25) is 0 Å². The Hall–Kier alpha value is -1.40. The molecule has 2 N–H and O–H groups in total. The van der Waals surface area contributed by atoms with Crippen molar-refractivity contribution in [2.24, 2.45) is 13.0 Å². The largest absolute Gasteiger partial charge is 0.478 e. The van der Waals surface area contributed by atoms with Gasteiger partial charge in [0, 0.05) is 20.1 Å². The van der Waals surface area contributed by atoms with Gasteiger partial charge in [0.15, 0.2) is 0 Å². The Kier molecular flexibility index (Phi) is 3.98. The van der Waals surface area contributed by atoms with Gasteiger partial charge in [-0.05, 0) is 32.5 Å². The summed E-state index contributed by atoms with van der Waals surface area (Å²) in [6, 6.07) is 0. The highest BCUT2D eigenvalue weighted by Crippen LogP contribution is 2.19. The summed E-state index contributed by atoms with van der Waals surface area (Å²) in [5, 5.41) is 16.3. The van der Waals surface area contributed by atoms with Crippen LogP contribution in [0.2, 0.25) is 0 Å². The normalized spacial score (nSPS) is 20.4.